The Bertz CT molecular complexity index is 1070. The average molecular weight is 865 g/mol. The molecule has 0 bridgehead atoms. The van der Waals surface area contributed by atoms with Gasteiger partial charge in [0.25, 0.3) is 0 Å². The average Bonchev–Trinajstić information content (AvgIpc) is 3.24. The second-order valence-electron chi connectivity index (χ2n) is 17.0. The van der Waals surface area contributed by atoms with Crippen molar-refractivity contribution in [3.63, 3.8) is 0 Å². The highest BCUT2D eigenvalue weighted by Crippen LogP contribution is 2.26. The van der Waals surface area contributed by atoms with Crippen molar-refractivity contribution in [3.8, 4) is 0 Å². The summed E-state index contributed by atoms with van der Waals surface area (Å²) in [6, 6.07) is 0. The minimum atomic E-state index is -1.76. The largest absolute Gasteiger partial charge is 0.462 e. The maximum atomic E-state index is 12.9. The van der Waals surface area contributed by atoms with Gasteiger partial charge in [0.1, 0.15) is 55.4 Å². The number of carbonyl (C=O) groups is 2. The Labute approximate surface area is 359 Å². The van der Waals surface area contributed by atoms with Gasteiger partial charge >= 0.3 is 11.9 Å². The van der Waals surface area contributed by atoms with Gasteiger partial charge in [0.15, 0.2) is 18.7 Å². The highest BCUT2D eigenvalue weighted by atomic mass is 16.7. The lowest BCUT2D eigenvalue weighted by molar-refractivity contribution is -0.332. The molecule has 2 saturated heterocycles. The van der Waals surface area contributed by atoms with Crippen LogP contribution in [0.1, 0.15) is 181 Å². The Hall–Kier alpha value is -1.50. The van der Waals surface area contributed by atoms with Crippen LogP contribution in [0.4, 0.5) is 0 Å². The molecule has 2 fully saturated rings. The van der Waals surface area contributed by atoms with E-state index in [0.717, 1.165) is 38.5 Å². The van der Waals surface area contributed by atoms with Gasteiger partial charge in [-0.25, -0.2) is 0 Å². The minimum Gasteiger partial charge on any atom is -0.462 e. The first-order chi connectivity index (χ1) is 29.0. The molecule has 354 valence electrons. The number of unbranched alkanes of at least 4 members (excludes halogenated alkanes) is 22. The van der Waals surface area contributed by atoms with E-state index < -0.39 is 92.7 Å². The zero-order valence-electron chi connectivity index (χ0n) is 37.0. The van der Waals surface area contributed by atoms with Crippen molar-refractivity contribution in [2.75, 3.05) is 26.4 Å². The molecule has 0 aromatic rings. The van der Waals surface area contributed by atoms with Crippen LogP contribution >= 0.6 is 0 Å². The summed E-state index contributed by atoms with van der Waals surface area (Å²) in [5.41, 5.74) is 0. The second kappa shape index (κ2) is 34.0. The summed E-state index contributed by atoms with van der Waals surface area (Å²) in [6.45, 7) is 2.58. The van der Waals surface area contributed by atoms with E-state index in [2.05, 4.69) is 13.8 Å². The Morgan fingerprint density at radius 1 is 0.467 bits per heavy atom. The molecule has 7 N–H and O–H groups in total. The molecule has 2 aliphatic rings. The molecule has 15 nitrogen and oxygen atoms in total. The molecule has 0 aromatic carbocycles. The van der Waals surface area contributed by atoms with Gasteiger partial charge in [0, 0.05) is 12.8 Å². The van der Waals surface area contributed by atoms with E-state index >= 15 is 0 Å². The van der Waals surface area contributed by atoms with Crippen molar-refractivity contribution in [2.45, 2.75) is 248 Å². The highest BCUT2D eigenvalue weighted by molar-refractivity contribution is 5.70. The Kier molecular flexibility index (Phi) is 30.9. The number of rotatable bonds is 36. The van der Waals surface area contributed by atoms with Crippen molar-refractivity contribution in [2.24, 2.45) is 0 Å². The lowest BCUT2D eigenvalue weighted by Crippen LogP contribution is -2.61. The molecular formula is C45H84O15. The van der Waals surface area contributed by atoms with Gasteiger partial charge in [0.2, 0.25) is 0 Å². The summed E-state index contributed by atoms with van der Waals surface area (Å²) < 4.78 is 33.5. The molecule has 2 rings (SSSR count). The number of carbonyl (C=O) groups excluding carboxylic acids is 2. The van der Waals surface area contributed by atoms with E-state index in [1.807, 2.05) is 0 Å². The van der Waals surface area contributed by atoms with Crippen molar-refractivity contribution in [1.29, 1.82) is 0 Å². The minimum absolute atomic E-state index is 0.172. The first-order valence-electron chi connectivity index (χ1n) is 23.6. The fourth-order valence-corrected chi connectivity index (χ4v) is 7.63. The van der Waals surface area contributed by atoms with Gasteiger partial charge in [-0.05, 0) is 12.8 Å². The topological polar surface area (TPSA) is 231 Å². The van der Waals surface area contributed by atoms with Crippen molar-refractivity contribution < 1.29 is 73.8 Å². The SMILES string of the molecule is CCCCCCCCCCCCCCCC(=O)OC[C@H](COC1OC(COC2OC(CO)C(O)C(O)C2O)C(O)C(O)C1O)OC(=O)CCCCCCCCCCCCC. The van der Waals surface area contributed by atoms with Crippen LogP contribution in [-0.4, -0.2) is 142 Å². The van der Waals surface area contributed by atoms with Crippen LogP contribution in [0.3, 0.4) is 0 Å². The van der Waals surface area contributed by atoms with E-state index in [-0.39, 0.29) is 26.1 Å². The number of ether oxygens (including phenoxy) is 6. The molecule has 60 heavy (non-hydrogen) atoms. The van der Waals surface area contributed by atoms with Gasteiger partial charge in [-0.3, -0.25) is 9.59 Å². The molecule has 11 atom stereocenters. The zero-order valence-corrected chi connectivity index (χ0v) is 37.0. The molecule has 15 heteroatoms. The predicted molar refractivity (Wildman–Crippen MR) is 225 cm³/mol. The van der Waals surface area contributed by atoms with Crippen molar-refractivity contribution >= 4 is 11.9 Å². The highest BCUT2D eigenvalue weighted by Gasteiger charge is 2.47. The Morgan fingerprint density at radius 2 is 0.850 bits per heavy atom. The van der Waals surface area contributed by atoms with Crippen LogP contribution in [0, 0.1) is 0 Å². The standard InChI is InChI=1S/C45H84O15/c1-3-5-7-9-11-13-15-16-18-19-21-23-25-27-36(47)55-30-33(58-37(48)28-26-24-22-20-17-14-12-10-8-6-4-2)31-56-44-43(54)41(52)39(50)35(60-44)32-57-45-42(53)40(51)38(49)34(29-46)59-45/h33-35,38-46,49-54H,3-32H2,1-2H3/t33-,34?,35?,38?,39?,40?,41?,42?,43?,44?,45?/m1/s1. The summed E-state index contributed by atoms with van der Waals surface area (Å²) in [6.07, 6.45) is 11.4. The van der Waals surface area contributed by atoms with Gasteiger partial charge in [-0.2, -0.15) is 0 Å². The van der Waals surface area contributed by atoms with E-state index in [1.54, 1.807) is 0 Å². The van der Waals surface area contributed by atoms with Crippen molar-refractivity contribution in [1.82, 2.24) is 0 Å². The molecule has 2 aliphatic heterocycles. The molecule has 0 amide bonds. The maximum absolute atomic E-state index is 12.9. The Balaban J connectivity index is 1.84. The van der Waals surface area contributed by atoms with Crippen molar-refractivity contribution in [3.05, 3.63) is 0 Å². The molecule has 10 unspecified atom stereocenters. The van der Waals surface area contributed by atoms with Gasteiger partial charge in [0.05, 0.1) is 19.8 Å². The van der Waals surface area contributed by atoms with Gasteiger partial charge < -0.3 is 64.2 Å². The second-order valence-corrected chi connectivity index (χ2v) is 17.0. The fraction of sp³-hybridized carbons (Fsp3) is 0.956. The number of hydrogen-bond donors (Lipinski definition) is 7. The predicted octanol–water partition coefficient (Wildman–Crippen LogP) is 5.26. The van der Waals surface area contributed by atoms with Gasteiger partial charge in [-0.1, -0.05) is 155 Å². The van der Waals surface area contributed by atoms with Crippen LogP contribution in [0.25, 0.3) is 0 Å². The zero-order chi connectivity index (χ0) is 44.0. The summed E-state index contributed by atoms with van der Waals surface area (Å²) in [4.78, 5) is 25.6. The molecule has 0 spiro atoms. The first kappa shape index (κ1) is 54.6. The maximum Gasteiger partial charge on any atom is 0.306 e. The monoisotopic (exact) mass is 865 g/mol. The normalized spacial score (nSPS) is 27.5. The molecule has 0 saturated carbocycles. The summed E-state index contributed by atoms with van der Waals surface area (Å²) in [7, 11) is 0. The lowest BCUT2D eigenvalue weighted by atomic mass is 9.98. The van der Waals surface area contributed by atoms with E-state index in [1.165, 1.54) is 103 Å². The quantitative estimate of drug-likeness (QED) is 0.0315. The number of aliphatic hydroxyl groups is 7. The molecular weight excluding hydrogens is 780 g/mol. The molecule has 2 heterocycles. The summed E-state index contributed by atoms with van der Waals surface area (Å²) >= 11 is 0. The summed E-state index contributed by atoms with van der Waals surface area (Å²) in [5, 5.41) is 71.8. The Morgan fingerprint density at radius 3 is 1.30 bits per heavy atom. The number of hydrogen-bond acceptors (Lipinski definition) is 15. The van der Waals surface area contributed by atoms with E-state index in [9.17, 15) is 45.3 Å². The molecule has 0 radical (unpaired) electrons. The smallest absolute Gasteiger partial charge is 0.306 e. The van der Waals surface area contributed by atoms with Crippen LogP contribution in [0.5, 0.6) is 0 Å². The number of aliphatic hydroxyl groups excluding tert-OH is 7. The van der Waals surface area contributed by atoms with Crippen LogP contribution in [-0.2, 0) is 38.0 Å². The number of esters is 2. The summed E-state index contributed by atoms with van der Waals surface area (Å²) in [5.74, 6) is -0.916. The van der Waals surface area contributed by atoms with Crippen LogP contribution < -0.4 is 0 Å². The third kappa shape index (κ3) is 22.7. The molecule has 0 aromatic heterocycles. The lowest BCUT2D eigenvalue weighted by Gasteiger charge is -2.42. The van der Waals surface area contributed by atoms with E-state index in [4.69, 9.17) is 28.4 Å². The fourth-order valence-electron chi connectivity index (χ4n) is 7.63. The molecule has 0 aliphatic carbocycles. The van der Waals surface area contributed by atoms with E-state index in [0.29, 0.717) is 12.8 Å². The third-order valence-electron chi connectivity index (χ3n) is 11.6. The third-order valence-corrected chi connectivity index (χ3v) is 11.6. The first-order valence-corrected chi connectivity index (χ1v) is 23.6. The van der Waals surface area contributed by atoms with Gasteiger partial charge in [-0.15, -0.1) is 0 Å². The van der Waals surface area contributed by atoms with Crippen LogP contribution in [0.15, 0.2) is 0 Å². The van der Waals surface area contributed by atoms with Crippen LogP contribution in [0.2, 0.25) is 0 Å².